The van der Waals surface area contributed by atoms with Crippen LogP contribution in [0.1, 0.15) is 39.0 Å². The molecule has 0 spiro atoms. The normalized spacial score (nSPS) is 17.9. The molecule has 9 heteroatoms. The lowest BCUT2D eigenvalue weighted by molar-refractivity contribution is -0.147. The van der Waals surface area contributed by atoms with E-state index in [9.17, 15) is 14.7 Å². The molecule has 1 aliphatic heterocycles. The van der Waals surface area contributed by atoms with Crippen molar-refractivity contribution in [2.75, 3.05) is 18.0 Å². The van der Waals surface area contributed by atoms with Gasteiger partial charge in [0.05, 0.1) is 6.54 Å². The van der Waals surface area contributed by atoms with E-state index in [1.807, 2.05) is 0 Å². The molecule has 0 bridgehead atoms. The van der Waals surface area contributed by atoms with E-state index in [0.29, 0.717) is 30.9 Å². The van der Waals surface area contributed by atoms with Gasteiger partial charge >= 0.3 is 12.0 Å². The highest BCUT2D eigenvalue weighted by molar-refractivity contribution is 5.81. The molecule has 0 atom stereocenters. The van der Waals surface area contributed by atoms with Crippen molar-refractivity contribution in [1.29, 1.82) is 0 Å². The number of piperidine rings is 1. The molecule has 1 saturated heterocycles. The van der Waals surface area contributed by atoms with Gasteiger partial charge in [0, 0.05) is 33.0 Å². The Labute approximate surface area is 161 Å². The highest BCUT2D eigenvalue weighted by Crippen LogP contribution is 2.40. The van der Waals surface area contributed by atoms with Gasteiger partial charge in [-0.15, -0.1) is 5.92 Å². The maximum absolute atomic E-state index is 13.1. The fourth-order valence-electron chi connectivity index (χ4n) is 3.51. The third-order valence-corrected chi connectivity index (χ3v) is 5.36. The lowest BCUT2D eigenvalue weighted by atomic mass is 10.1. The SMILES string of the molecule is CC#CCn1c(N2CCCCC2)nc2nc(OC3(C(=O)O)CC3)n(C)c(=O)c21. The molecule has 2 aromatic rings. The smallest absolute Gasteiger partial charge is 0.348 e. The standard InChI is InChI=1S/C19H23N5O4/c1-3-4-12-24-13-14(20-17(24)23-10-6-5-7-11-23)21-18(22(2)15(13)25)28-19(8-9-19)16(26)27/h5-12H2,1-2H3,(H,26,27). The fourth-order valence-corrected chi connectivity index (χ4v) is 3.51. The van der Waals surface area contributed by atoms with Crippen molar-refractivity contribution >= 4 is 23.1 Å². The quantitative estimate of drug-likeness (QED) is 0.770. The topological polar surface area (TPSA) is 102 Å². The van der Waals surface area contributed by atoms with Crippen LogP contribution in [0.25, 0.3) is 11.2 Å². The molecule has 0 unspecified atom stereocenters. The summed E-state index contributed by atoms with van der Waals surface area (Å²) in [7, 11) is 1.53. The van der Waals surface area contributed by atoms with Gasteiger partial charge in [-0.1, -0.05) is 5.92 Å². The number of carbonyl (C=O) groups is 1. The van der Waals surface area contributed by atoms with Crippen molar-refractivity contribution in [3.05, 3.63) is 10.4 Å². The molecule has 1 saturated carbocycles. The van der Waals surface area contributed by atoms with Crippen LogP contribution in [0.2, 0.25) is 0 Å². The molecule has 0 radical (unpaired) electrons. The van der Waals surface area contributed by atoms with Crippen LogP contribution in [-0.2, 0) is 18.4 Å². The van der Waals surface area contributed by atoms with Crippen LogP contribution in [0.3, 0.4) is 0 Å². The number of rotatable bonds is 5. The van der Waals surface area contributed by atoms with Gasteiger partial charge in [0.15, 0.2) is 11.2 Å². The van der Waals surface area contributed by atoms with E-state index in [2.05, 4.69) is 26.7 Å². The van der Waals surface area contributed by atoms with Gasteiger partial charge in [-0.2, -0.15) is 9.97 Å². The Balaban J connectivity index is 1.84. The van der Waals surface area contributed by atoms with E-state index in [4.69, 9.17) is 4.74 Å². The van der Waals surface area contributed by atoms with Crippen LogP contribution in [0.5, 0.6) is 6.01 Å². The number of aromatic nitrogens is 4. The van der Waals surface area contributed by atoms with Crippen molar-refractivity contribution in [2.24, 2.45) is 7.05 Å². The molecule has 0 amide bonds. The summed E-state index contributed by atoms with van der Waals surface area (Å²) in [5.74, 6) is 5.51. The lowest BCUT2D eigenvalue weighted by Crippen LogP contribution is -2.33. The van der Waals surface area contributed by atoms with Crippen LogP contribution in [0.15, 0.2) is 4.79 Å². The number of hydrogen-bond donors (Lipinski definition) is 1. The summed E-state index contributed by atoms with van der Waals surface area (Å²) in [6.07, 6.45) is 4.12. The zero-order valence-electron chi connectivity index (χ0n) is 16.1. The second-order valence-electron chi connectivity index (χ2n) is 7.30. The Hall–Kier alpha value is -3.02. The van der Waals surface area contributed by atoms with Crippen LogP contribution >= 0.6 is 0 Å². The largest absolute Gasteiger partial charge is 0.478 e. The Bertz CT molecular complexity index is 1050. The molecule has 0 aromatic carbocycles. The average molecular weight is 385 g/mol. The first kappa shape index (κ1) is 18.3. The van der Waals surface area contributed by atoms with Gasteiger partial charge in [-0.05, 0) is 26.2 Å². The summed E-state index contributed by atoms with van der Waals surface area (Å²) in [6.45, 7) is 3.83. The number of aliphatic carboxylic acids is 1. The molecular weight excluding hydrogens is 362 g/mol. The predicted octanol–water partition coefficient (Wildman–Crippen LogP) is 1.14. The molecule has 2 aliphatic rings. The first-order chi connectivity index (χ1) is 13.5. The second kappa shape index (κ2) is 6.86. The number of ether oxygens (including phenoxy) is 1. The summed E-state index contributed by atoms with van der Waals surface area (Å²) in [6, 6.07) is -0.0196. The first-order valence-corrected chi connectivity index (χ1v) is 9.51. The molecule has 1 N–H and O–H groups in total. The molecule has 1 aliphatic carbocycles. The van der Waals surface area contributed by atoms with Crippen molar-refractivity contribution in [3.63, 3.8) is 0 Å². The number of hydrogen-bond acceptors (Lipinski definition) is 6. The Morgan fingerprint density at radius 3 is 2.57 bits per heavy atom. The third-order valence-electron chi connectivity index (χ3n) is 5.36. The van der Waals surface area contributed by atoms with Crippen LogP contribution in [-0.4, -0.2) is 48.9 Å². The van der Waals surface area contributed by atoms with E-state index >= 15 is 0 Å². The highest BCUT2D eigenvalue weighted by Gasteiger charge is 2.54. The molecule has 2 aromatic heterocycles. The average Bonchev–Trinajstić information content (AvgIpc) is 3.39. The highest BCUT2D eigenvalue weighted by atomic mass is 16.5. The monoisotopic (exact) mass is 385 g/mol. The third kappa shape index (κ3) is 2.99. The predicted molar refractivity (Wildman–Crippen MR) is 103 cm³/mol. The summed E-state index contributed by atoms with van der Waals surface area (Å²) in [4.78, 5) is 35.7. The van der Waals surface area contributed by atoms with Gasteiger partial charge in [0.25, 0.3) is 5.56 Å². The Kier molecular flexibility index (Phi) is 4.49. The van der Waals surface area contributed by atoms with E-state index in [1.165, 1.54) is 18.0 Å². The fraction of sp³-hybridized carbons (Fsp3) is 0.579. The summed E-state index contributed by atoms with van der Waals surface area (Å²) < 4.78 is 8.69. The van der Waals surface area contributed by atoms with Crippen LogP contribution in [0, 0.1) is 11.8 Å². The minimum atomic E-state index is -1.28. The van der Waals surface area contributed by atoms with Gasteiger partial charge in [-0.3, -0.25) is 13.9 Å². The number of fused-ring (bicyclic) bond motifs is 1. The Morgan fingerprint density at radius 2 is 1.96 bits per heavy atom. The van der Waals surface area contributed by atoms with E-state index in [0.717, 1.165) is 25.9 Å². The number of carboxylic acids is 1. The molecule has 148 valence electrons. The van der Waals surface area contributed by atoms with Crippen molar-refractivity contribution in [2.45, 2.75) is 51.2 Å². The van der Waals surface area contributed by atoms with Crippen molar-refractivity contribution in [1.82, 2.24) is 19.1 Å². The summed E-state index contributed by atoms with van der Waals surface area (Å²) >= 11 is 0. The second-order valence-corrected chi connectivity index (χ2v) is 7.30. The van der Waals surface area contributed by atoms with E-state index in [-0.39, 0.29) is 17.2 Å². The van der Waals surface area contributed by atoms with Gasteiger partial charge in [-0.25, -0.2) is 4.79 Å². The maximum atomic E-state index is 13.1. The van der Waals surface area contributed by atoms with Crippen LogP contribution in [0.4, 0.5) is 5.95 Å². The van der Waals surface area contributed by atoms with Gasteiger partial charge in [0.2, 0.25) is 11.5 Å². The number of carboxylic acid groups (broad SMARTS) is 1. The summed E-state index contributed by atoms with van der Waals surface area (Å²) in [5.41, 5.74) is -0.984. The summed E-state index contributed by atoms with van der Waals surface area (Å²) in [5, 5.41) is 9.37. The van der Waals surface area contributed by atoms with Gasteiger partial charge < -0.3 is 14.7 Å². The zero-order chi connectivity index (χ0) is 19.9. The molecule has 3 heterocycles. The number of nitrogens with zero attached hydrogens (tertiary/aromatic N) is 5. The van der Waals surface area contributed by atoms with Crippen molar-refractivity contribution < 1.29 is 14.6 Å². The van der Waals surface area contributed by atoms with Crippen molar-refractivity contribution in [3.8, 4) is 17.9 Å². The first-order valence-electron chi connectivity index (χ1n) is 9.51. The molecular formula is C19H23N5O4. The molecule has 28 heavy (non-hydrogen) atoms. The lowest BCUT2D eigenvalue weighted by Gasteiger charge is -2.27. The molecule has 9 nitrogen and oxygen atoms in total. The number of imidazole rings is 1. The van der Waals surface area contributed by atoms with Crippen LogP contribution < -0.4 is 15.2 Å². The maximum Gasteiger partial charge on any atom is 0.348 e. The van der Waals surface area contributed by atoms with E-state index in [1.54, 1.807) is 11.5 Å². The number of anilines is 1. The molecule has 4 rings (SSSR count). The minimum absolute atomic E-state index is 0.0196. The minimum Gasteiger partial charge on any atom is -0.478 e. The Morgan fingerprint density at radius 1 is 1.25 bits per heavy atom. The molecule has 2 fully saturated rings. The van der Waals surface area contributed by atoms with E-state index < -0.39 is 11.6 Å². The zero-order valence-corrected chi connectivity index (χ0v) is 16.1. The van der Waals surface area contributed by atoms with Gasteiger partial charge in [0.1, 0.15) is 0 Å².